The highest BCUT2D eigenvalue weighted by Crippen LogP contribution is 2.17. The Morgan fingerprint density at radius 3 is 3.05 bits per heavy atom. The number of aromatic nitrogens is 1. The molecule has 0 saturated carbocycles. The number of carbonyl (C=O) groups is 1. The highest BCUT2D eigenvalue weighted by atomic mass is 32.1. The van der Waals surface area contributed by atoms with Crippen LogP contribution in [0.4, 0.5) is 0 Å². The molecule has 1 amide bonds. The fourth-order valence-corrected chi connectivity index (χ4v) is 2.76. The van der Waals surface area contributed by atoms with Crippen LogP contribution in [0.25, 0.3) is 0 Å². The van der Waals surface area contributed by atoms with Crippen LogP contribution < -0.4 is 5.32 Å². The van der Waals surface area contributed by atoms with Gasteiger partial charge in [-0.2, -0.15) is 0 Å². The maximum Gasteiger partial charge on any atom is 0.220 e. The van der Waals surface area contributed by atoms with E-state index in [9.17, 15) is 4.79 Å². The molecular formula is C14H18N2O2S. The molecular weight excluding hydrogens is 260 g/mol. The molecule has 0 spiro atoms. The molecule has 0 atom stereocenters. The molecule has 0 aliphatic rings. The van der Waals surface area contributed by atoms with Gasteiger partial charge in [0.2, 0.25) is 5.91 Å². The van der Waals surface area contributed by atoms with Gasteiger partial charge in [0, 0.05) is 23.4 Å². The van der Waals surface area contributed by atoms with Gasteiger partial charge >= 0.3 is 0 Å². The molecule has 0 saturated heterocycles. The molecule has 2 rings (SSSR count). The third kappa shape index (κ3) is 4.52. The van der Waals surface area contributed by atoms with Crippen molar-refractivity contribution in [3.05, 3.63) is 39.9 Å². The maximum absolute atomic E-state index is 11.7. The molecule has 2 aromatic rings. The quantitative estimate of drug-likeness (QED) is 0.792. The van der Waals surface area contributed by atoms with Gasteiger partial charge in [-0.3, -0.25) is 4.79 Å². The van der Waals surface area contributed by atoms with Crippen LogP contribution in [0.3, 0.4) is 0 Å². The van der Waals surface area contributed by atoms with E-state index < -0.39 is 0 Å². The molecule has 0 aliphatic carbocycles. The first-order chi connectivity index (χ1) is 9.25. The minimum atomic E-state index is 0.123. The molecule has 2 aromatic heterocycles. The van der Waals surface area contributed by atoms with E-state index in [1.165, 1.54) is 10.4 Å². The second-order valence-electron chi connectivity index (χ2n) is 4.51. The summed E-state index contributed by atoms with van der Waals surface area (Å²) in [4.78, 5) is 13.0. The Kier molecular flexibility index (Phi) is 5.15. The summed E-state index contributed by atoms with van der Waals surface area (Å²) in [5.41, 5.74) is 2.36. The van der Waals surface area contributed by atoms with Gasteiger partial charge in [-0.1, -0.05) is 5.16 Å². The third-order valence-corrected chi connectivity index (χ3v) is 4.08. The molecule has 1 N–H and O–H groups in total. The zero-order valence-corrected chi connectivity index (χ0v) is 11.8. The van der Waals surface area contributed by atoms with Crippen LogP contribution in [-0.2, 0) is 17.6 Å². The second kappa shape index (κ2) is 7.09. The van der Waals surface area contributed by atoms with E-state index in [4.69, 9.17) is 4.52 Å². The Morgan fingerprint density at radius 1 is 1.47 bits per heavy atom. The summed E-state index contributed by atoms with van der Waals surface area (Å²) in [5.74, 6) is 0.123. The molecule has 0 radical (unpaired) electrons. The first-order valence-electron chi connectivity index (χ1n) is 6.43. The predicted octanol–water partition coefficient (Wildman–Crippen LogP) is 2.73. The summed E-state index contributed by atoms with van der Waals surface area (Å²) in [6, 6.07) is 2.09. The minimum Gasteiger partial charge on any atom is -0.364 e. The lowest BCUT2D eigenvalue weighted by atomic mass is 10.2. The fraction of sp³-hybridized carbons (Fsp3) is 0.429. The van der Waals surface area contributed by atoms with E-state index in [1.54, 1.807) is 23.8 Å². The van der Waals surface area contributed by atoms with Gasteiger partial charge in [0.15, 0.2) is 0 Å². The third-order valence-electron chi connectivity index (χ3n) is 3.00. The number of hydrogen-bond acceptors (Lipinski definition) is 4. The summed E-state index contributed by atoms with van der Waals surface area (Å²) in [6.45, 7) is 2.79. The SMILES string of the molecule is Cc1ccsc1CCC(=O)NCCCc1cnoc1. The molecule has 19 heavy (non-hydrogen) atoms. The molecule has 5 heteroatoms. The van der Waals surface area contributed by atoms with Gasteiger partial charge < -0.3 is 9.84 Å². The average Bonchev–Trinajstić information content (AvgIpc) is 3.04. The van der Waals surface area contributed by atoms with Crippen molar-refractivity contribution in [3.8, 4) is 0 Å². The van der Waals surface area contributed by atoms with Gasteiger partial charge in [0.25, 0.3) is 0 Å². The Morgan fingerprint density at radius 2 is 2.37 bits per heavy atom. The number of amides is 1. The molecule has 0 fully saturated rings. The van der Waals surface area contributed by atoms with Crippen molar-refractivity contribution in [1.82, 2.24) is 10.5 Å². The summed E-state index contributed by atoms with van der Waals surface area (Å²) < 4.78 is 4.75. The Balaban J connectivity index is 1.58. The number of nitrogens with one attached hydrogen (secondary N) is 1. The van der Waals surface area contributed by atoms with Crippen molar-refractivity contribution in [2.45, 2.75) is 32.6 Å². The van der Waals surface area contributed by atoms with E-state index in [1.807, 2.05) is 0 Å². The van der Waals surface area contributed by atoms with Crippen LogP contribution in [-0.4, -0.2) is 17.6 Å². The second-order valence-corrected chi connectivity index (χ2v) is 5.51. The van der Waals surface area contributed by atoms with Crippen molar-refractivity contribution < 1.29 is 9.32 Å². The van der Waals surface area contributed by atoms with Crippen molar-refractivity contribution in [1.29, 1.82) is 0 Å². The normalized spacial score (nSPS) is 10.6. The zero-order valence-electron chi connectivity index (χ0n) is 11.0. The van der Waals surface area contributed by atoms with Crippen molar-refractivity contribution >= 4 is 17.2 Å². The number of thiophene rings is 1. The van der Waals surface area contributed by atoms with Gasteiger partial charge in [0.1, 0.15) is 6.26 Å². The molecule has 0 unspecified atom stereocenters. The van der Waals surface area contributed by atoms with Crippen LogP contribution in [0.2, 0.25) is 0 Å². The van der Waals surface area contributed by atoms with Gasteiger partial charge in [-0.05, 0) is 43.2 Å². The van der Waals surface area contributed by atoms with Crippen LogP contribution in [0.1, 0.15) is 28.8 Å². The number of aryl methyl sites for hydroxylation is 3. The highest BCUT2D eigenvalue weighted by molar-refractivity contribution is 7.10. The number of rotatable bonds is 7. The lowest BCUT2D eigenvalue weighted by Crippen LogP contribution is -2.24. The lowest BCUT2D eigenvalue weighted by Gasteiger charge is -2.04. The Labute approximate surface area is 116 Å². The van der Waals surface area contributed by atoms with Crippen molar-refractivity contribution in [2.75, 3.05) is 6.54 Å². The largest absolute Gasteiger partial charge is 0.364 e. The number of carbonyl (C=O) groups excluding carboxylic acids is 1. The Bertz CT molecular complexity index is 505. The molecule has 102 valence electrons. The first-order valence-corrected chi connectivity index (χ1v) is 7.31. The maximum atomic E-state index is 11.7. The zero-order chi connectivity index (χ0) is 13.5. The predicted molar refractivity (Wildman–Crippen MR) is 75.2 cm³/mol. The molecule has 4 nitrogen and oxygen atoms in total. The number of hydrogen-bond donors (Lipinski definition) is 1. The van der Waals surface area contributed by atoms with Crippen molar-refractivity contribution in [2.24, 2.45) is 0 Å². The molecule has 2 heterocycles. The summed E-state index contributed by atoms with van der Waals surface area (Å²) in [7, 11) is 0. The molecule has 0 aromatic carbocycles. The van der Waals surface area contributed by atoms with Crippen LogP contribution in [0.15, 0.2) is 28.4 Å². The van der Waals surface area contributed by atoms with Crippen molar-refractivity contribution in [3.63, 3.8) is 0 Å². The van der Waals surface area contributed by atoms with E-state index in [0.29, 0.717) is 13.0 Å². The van der Waals surface area contributed by atoms with Gasteiger partial charge in [0.05, 0.1) is 6.20 Å². The average molecular weight is 278 g/mol. The fourth-order valence-electron chi connectivity index (χ4n) is 1.85. The first kappa shape index (κ1) is 13.8. The summed E-state index contributed by atoms with van der Waals surface area (Å²) in [6.07, 6.45) is 6.54. The highest BCUT2D eigenvalue weighted by Gasteiger charge is 2.05. The van der Waals surface area contributed by atoms with Gasteiger partial charge in [-0.25, -0.2) is 0 Å². The topological polar surface area (TPSA) is 55.1 Å². The summed E-state index contributed by atoms with van der Waals surface area (Å²) in [5, 5.41) is 8.65. The lowest BCUT2D eigenvalue weighted by molar-refractivity contribution is -0.121. The Hall–Kier alpha value is -1.62. The van der Waals surface area contributed by atoms with E-state index in [2.05, 4.69) is 28.8 Å². The monoisotopic (exact) mass is 278 g/mol. The molecule has 0 aliphatic heterocycles. The summed E-state index contributed by atoms with van der Waals surface area (Å²) >= 11 is 1.72. The smallest absolute Gasteiger partial charge is 0.220 e. The van der Waals surface area contributed by atoms with Crippen LogP contribution in [0, 0.1) is 6.92 Å². The van der Waals surface area contributed by atoms with E-state index in [-0.39, 0.29) is 5.91 Å². The minimum absolute atomic E-state index is 0.123. The van der Waals surface area contributed by atoms with E-state index >= 15 is 0 Å². The van der Waals surface area contributed by atoms with Crippen LogP contribution >= 0.6 is 11.3 Å². The number of nitrogens with zero attached hydrogens (tertiary/aromatic N) is 1. The van der Waals surface area contributed by atoms with Gasteiger partial charge in [-0.15, -0.1) is 11.3 Å². The van der Waals surface area contributed by atoms with E-state index in [0.717, 1.165) is 24.8 Å². The molecule has 0 bridgehead atoms. The van der Waals surface area contributed by atoms with Crippen LogP contribution in [0.5, 0.6) is 0 Å². The standard InChI is InChI=1S/C14H18N2O2S/c1-11-6-8-19-13(11)4-5-14(17)15-7-2-3-12-9-16-18-10-12/h6,8-10H,2-5,7H2,1H3,(H,15,17).